The minimum atomic E-state index is -0.605. The number of halogens is 1. The molecule has 4 N–H and O–H groups in total. The van der Waals surface area contributed by atoms with Crippen LogP contribution in [-0.4, -0.2) is 41.2 Å². The third-order valence-electron chi connectivity index (χ3n) is 4.25. The van der Waals surface area contributed by atoms with Crippen molar-refractivity contribution < 1.29 is 24.5 Å². The van der Waals surface area contributed by atoms with Crippen LogP contribution in [0.1, 0.15) is 39.7 Å². The molecule has 0 heterocycles. The van der Waals surface area contributed by atoms with Crippen LogP contribution in [0.15, 0.2) is 46.2 Å². The van der Waals surface area contributed by atoms with E-state index in [-0.39, 0.29) is 18.4 Å². The fraction of sp³-hybridized carbons (Fsp3) is 0.435. The predicted molar refractivity (Wildman–Crippen MR) is 127 cm³/mol. The predicted octanol–water partition coefficient (Wildman–Crippen LogP) is 4.92. The van der Waals surface area contributed by atoms with Gasteiger partial charge in [-0.15, -0.1) is 0 Å². The molecule has 0 spiro atoms. The van der Waals surface area contributed by atoms with E-state index >= 15 is 0 Å². The number of amides is 1. The number of hydrogen-bond donors (Lipinski definition) is 4. The second-order valence-electron chi connectivity index (χ2n) is 8.11. The highest BCUT2D eigenvalue weighted by Crippen LogP contribution is 2.38. The summed E-state index contributed by atoms with van der Waals surface area (Å²) in [5.41, 5.74) is 5.56. The van der Waals surface area contributed by atoms with Gasteiger partial charge in [0.15, 0.2) is 0 Å². The second-order valence-corrected chi connectivity index (χ2v) is 9.63. The molecular weight excluding hydrogens is 452 g/mol. The van der Waals surface area contributed by atoms with E-state index < -0.39 is 11.7 Å². The topological polar surface area (TPSA) is 100 Å². The van der Waals surface area contributed by atoms with Gasteiger partial charge in [-0.2, -0.15) is 0 Å². The van der Waals surface area contributed by atoms with Gasteiger partial charge in [0.05, 0.1) is 18.1 Å². The normalized spacial score (nSPS) is 12.3. The van der Waals surface area contributed by atoms with Crippen molar-refractivity contribution in [2.45, 2.75) is 62.0 Å². The van der Waals surface area contributed by atoms with Crippen molar-refractivity contribution in [1.82, 2.24) is 10.9 Å². The molecule has 0 aliphatic heterocycles. The van der Waals surface area contributed by atoms with Crippen molar-refractivity contribution in [3.63, 3.8) is 0 Å². The van der Waals surface area contributed by atoms with Gasteiger partial charge in [0.25, 0.3) is 0 Å². The highest BCUT2D eigenvalue weighted by molar-refractivity contribution is 7.99. The molecule has 0 bridgehead atoms. The van der Waals surface area contributed by atoms with Crippen LogP contribution in [-0.2, 0) is 11.2 Å². The summed E-state index contributed by atoms with van der Waals surface area (Å²) in [4.78, 5) is 13.3. The second kappa shape index (κ2) is 12.2. The molecule has 1 atom stereocenters. The minimum Gasteiger partial charge on any atom is -0.507 e. The first kappa shape index (κ1) is 26.1. The average Bonchev–Trinajstić information content (AvgIpc) is 2.71. The standard InChI is InChI=1S/C23H31ClN2O5S/c1-5-30-17-9-11-20(28)21(12-17)32-18-10-7-15(19(24)13-18)6-8-16(14-27)25-26-22(29)31-23(2,3)4/h7,9-13,16,25,27-28H,5-6,8,14H2,1-4H3,(H,26,29). The molecule has 176 valence electrons. The summed E-state index contributed by atoms with van der Waals surface area (Å²) < 4.78 is 10.7. The molecule has 0 saturated heterocycles. The number of nitrogens with one attached hydrogen (secondary N) is 2. The lowest BCUT2D eigenvalue weighted by molar-refractivity contribution is 0.0477. The molecule has 0 saturated carbocycles. The highest BCUT2D eigenvalue weighted by Gasteiger charge is 2.17. The Bertz CT molecular complexity index is 904. The Morgan fingerprint density at radius 3 is 2.59 bits per heavy atom. The van der Waals surface area contributed by atoms with Gasteiger partial charge in [0, 0.05) is 16.0 Å². The lowest BCUT2D eigenvalue weighted by Gasteiger charge is -2.22. The van der Waals surface area contributed by atoms with Crippen LogP contribution < -0.4 is 15.6 Å². The third kappa shape index (κ3) is 8.78. The maximum atomic E-state index is 11.7. The zero-order valence-corrected chi connectivity index (χ0v) is 20.3. The fourth-order valence-corrected chi connectivity index (χ4v) is 4.01. The molecule has 32 heavy (non-hydrogen) atoms. The molecule has 0 radical (unpaired) electrons. The van der Waals surface area contributed by atoms with Gasteiger partial charge in [-0.1, -0.05) is 29.4 Å². The van der Waals surface area contributed by atoms with Crippen molar-refractivity contribution in [1.29, 1.82) is 0 Å². The maximum Gasteiger partial charge on any atom is 0.422 e. The molecule has 0 aliphatic rings. The number of rotatable bonds is 10. The lowest BCUT2D eigenvalue weighted by Crippen LogP contribution is -2.48. The Labute approximate surface area is 198 Å². The number of phenols is 1. The molecule has 2 aromatic carbocycles. The molecule has 7 nitrogen and oxygen atoms in total. The van der Waals surface area contributed by atoms with E-state index in [4.69, 9.17) is 21.1 Å². The highest BCUT2D eigenvalue weighted by atomic mass is 35.5. The summed E-state index contributed by atoms with van der Waals surface area (Å²) in [5.74, 6) is 0.867. The number of aliphatic hydroxyl groups excluding tert-OH is 1. The molecule has 1 unspecified atom stereocenters. The largest absolute Gasteiger partial charge is 0.507 e. The van der Waals surface area contributed by atoms with Gasteiger partial charge < -0.3 is 19.7 Å². The number of aromatic hydroxyl groups is 1. The SMILES string of the molecule is CCOc1ccc(O)c(Sc2ccc(CCC(CO)NNC(=O)OC(C)(C)C)c(Cl)c2)c1. The summed E-state index contributed by atoms with van der Waals surface area (Å²) in [6.45, 7) is 7.62. The van der Waals surface area contributed by atoms with Crippen LogP contribution in [0.2, 0.25) is 5.02 Å². The fourth-order valence-electron chi connectivity index (χ4n) is 2.76. The Balaban J connectivity index is 1.94. The van der Waals surface area contributed by atoms with Crippen LogP contribution in [0.25, 0.3) is 0 Å². The number of aryl methyl sites for hydroxylation is 1. The van der Waals surface area contributed by atoms with Crippen molar-refractivity contribution in [3.05, 3.63) is 47.0 Å². The van der Waals surface area contributed by atoms with E-state index in [1.807, 2.05) is 25.1 Å². The van der Waals surface area contributed by atoms with E-state index in [1.54, 1.807) is 39.0 Å². The third-order valence-corrected chi connectivity index (χ3v) is 5.64. The minimum absolute atomic E-state index is 0.156. The molecule has 0 aliphatic carbocycles. The molecule has 1 amide bonds. The molecular formula is C23H31ClN2O5S. The van der Waals surface area contributed by atoms with Crippen LogP contribution in [0.4, 0.5) is 4.79 Å². The van der Waals surface area contributed by atoms with E-state index in [2.05, 4.69) is 10.9 Å². The number of carbonyl (C=O) groups is 1. The van der Waals surface area contributed by atoms with Crippen LogP contribution >= 0.6 is 23.4 Å². The summed E-state index contributed by atoms with van der Waals surface area (Å²) in [6.07, 6.45) is 0.547. The average molecular weight is 483 g/mol. The van der Waals surface area contributed by atoms with Gasteiger partial charge in [-0.3, -0.25) is 5.43 Å². The number of carbonyl (C=O) groups excluding carboxylic acids is 1. The zero-order valence-electron chi connectivity index (χ0n) is 18.8. The zero-order chi connectivity index (χ0) is 23.7. The van der Waals surface area contributed by atoms with Crippen molar-refractivity contribution in [2.24, 2.45) is 0 Å². The van der Waals surface area contributed by atoms with Gasteiger partial charge in [-0.05, 0) is 76.4 Å². The Morgan fingerprint density at radius 1 is 1.22 bits per heavy atom. The first-order chi connectivity index (χ1) is 15.1. The van der Waals surface area contributed by atoms with E-state index in [0.29, 0.717) is 35.1 Å². The van der Waals surface area contributed by atoms with E-state index in [1.165, 1.54) is 11.8 Å². The quantitative estimate of drug-likeness (QED) is 0.357. The number of hydrazine groups is 1. The smallest absolute Gasteiger partial charge is 0.422 e. The first-order valence-electron chi connectivity index (χ1n) is 10.4. The first-order valence-corrected chi connectivity index (χ1v) is 11.6. The molecule has 2 rings (SSSR count). The molecule has 0 fully saturated rings. The number of benzene rings is 2. The van der Waals surface area contributed by atoms with Crippen LogP contribution in [0.5, 0.6) is 11.5 Å². The summed E-state index contributed by atoms with van der Waals surface area (Å²) in [5, 5.41) is 20.3. The monoisotopic (exact) mass is 482 g/mol. The summed E-state index contributed by atoms with van der Waals surface area (Å²) in [6, 6.07) is 10.5. The lowest BCUT2D eigenvalue weighted by atomic mass is 10.1. The maximum absolute atomic E-state index is 11.7. The number of hydrogen-bond acceptors (Lipinski definition) is 7. The Morgan fingerprint density at radius 2 is 1.97 bits per heavy atom. The van der Waals surface area contributed by atoms with Gasteiger partial charge in [0.1, 0.15) is 17.1 Å². The van der Waals surface area contributed by atoms with Crippen molar-refractivity contribution in [2.75, 3.05) is 13.2 Å². The van der Waals surface area contributed by atoms with E-state index in [9.17, 15) is 15.0 Å². The summed E-state index contributed by atoms with van der Waals surface area (Å²) in [7, 11) is 0. The Hall–Kier alpha value is -2.13. The van der Waals surface area contributed by atoms with Crippen LogP contribution in [0.3, 0.4) is 0 Å². The van der Waals surface area contributed by atoms with Gasteiger partial charge >= 0.3 is 6.09 Å². The van der Waals surface area contributed by atoms with Crippen LogP contribution in [0, 0.1) is 0 Å². The molecule has 2 aromatic rings. The van der Waals surface area contributed by atoms with Gasteiger partial charge in [-0.25, -0.2) is 10.2 Å². The van der Waals surface area contributed by atoms with Crippen molar-refractivity contribution in [3.8, 4) is 11.5 Å². The molecule has 0 aromatic heterocycles. The van der Waals surface area contributed by atoms with Gasteiger partial charge in [0.2, 0.25) is 0 Å². The molecule has 9 heteroatoms. The number of ether oxygens (including phenoxy) is 2. The van der Waals surface area contributed by atoms with E-state index in [0.717, 1.165) is 10.5 Å². The number of phenolic OH excluding ortho intramolecular Hbond substituents is 1. The number of aliphatic hydroxyl groups is 1. The summed E-state index contributed by atoms with van der Waals surface area (Å²) >= 11 is 7.86. The van der Waals surface area contributed by atoms with Crippen molar-refractivity contribution >= 4 is 29.5 Å². The Kier molecular flexibility index (Phi) is 9.96.